The second-order valence-corrected chi connectivity index (χ2v) is 7.59. The second-order valence-electron chi connectivity index (χ2n) is 5.72. The molecule has 24 heavy (non-hydrogen) atoms. The van der Waals surface area contributed by atoms with Gasteiger partial charge in [0, 0.05) is 12.5 Å². The first-order valence-corrected chi connectivity index (χ1v) is 8.93. The third kappa shape index (κ3) is 2.63. The second kappa shape index (κ2) is 6.02. The van der Waals surface area contributed by atoms with Gasteiger partial charge in [-0.3, -0.25) is 4.31 Å². The van der Waals surface area contributed by atoms with E-state index in [0.29, 0.717) is 0 Å². The molecule has 0 radical (unpaired) electrons. The van der Waals surface area contributed by atoms with Crippen LogP contribution in [0.15, 0.2) is 70.9 Å². The van der Waals surface area contributed by atoms with Gasteiger partial charge in [0.1, 0.15) is 5.82 Å². The molecule has 5 nitrogen and oxygen atoms in total. The smallest absolute Gasteiger partial charge is 0.265 e. The molecule has 2 aromatic carbocycles. The van der Waals surface area contributed by atoms with Gasteiger partial charge < -0.3 is 5.73 Å². The fourth-order valence-electron chi connectivity index (χ4n) is 2.83. The molecule has 1 aliphatic rings. The minimum absolute atomic E-state index is 0.00641. The lowest BCUT2D eigenvalue weighted by molar-refractivity contribution is 0.487. The van der Waals surface area contributed by atoms with Gasteiger partial charge in [-0.2, -0.15) is 5.26 Å². The van der Waals surface area contributed by atoms with Crippen molar-refractivity contribution in [1.82, 2.24) is 4.31 Å². The molecule has 0 amide bonds. The Bertz CT molecular complexity index is 926. The number of nitriles is 1. The molecule has 0 bridgehead atoms. The lowest BCUT2D eigenvalue weighted by Crippen LogP contribution is -2.32. The van der Waals surface area contributed by atoms with E-state index in [1.807, 2.05) is 37.3 Å². The third-order valence-electron chi connectivity index (χ3n) is 4.17. The molecule has 3 rings (SSSR count). The van der Waals surface area contributed by atoms with Crippen LogP contribution in [0.2, 0.25) is 0 Å². The van der Waals surface area contributed by atoms with Crippen molar-refractivity contribution in [2.24, 2.45) is 5.73 Å². The zero-order valence-electron chi connectivity index (χ0n) is 13.2. The molecule has 0 aromatic heterocycles. The number of benzene rings is 2. The number of nitrogens with zero attached hydrogens (tertiary/aromatic N) is 2. The highest BCUT2D eigenvalue weighted by Gasteiger charge is 2.38. The molecule has 1 aliphatic heterocycles. The Hall–Kier alpha value is -2.78. The molecule has 1 heterocycles. The van der Waals surface area contributed by atoms with Crippen molar-refractivity contribution in [3.8, 4) is 6.07 Å². The maximum absolute atomic E-state index is 12.9. The van der Waals surface area contributed by atoms with Crippen molar-refractivity contribution in [3.63, 3.8) is 0 Å². The third-order valence-corrected chi connectivity index (χ3v) is 5.97. The van der Waals surface area contributed by atoms with Crippen LogP contribution in [0.4, 0.5) is 0 Å². The van der Waals surface area contributed by atoms with Crippen LogP contribution in [-0.4, -0.2) is 19.3 Å². The minimum atomic E-state index is -3.79. The monoisotopic (exact) mass is 339 g/mol. The van der Waals surface area contributed by atoms with Crippen molar-refractivity contribution < 1.29 is 8.42 Å². The van der Waals surface area contributed by atoms with Crippen LogP contribution >= 0.6 is 0 Å². The fraction of sp³-hybridized carbons (Fsp3) is 0.167. The zero-order chi connectivity index (χ0) is 17.3. The Morgan fingerprint density at radius 2 is 1.75 bits per heavy atom. The molecule has 1 unspecified atom stereocenters. The van der Waals surface area contributed by atoms with Crippen molar-refractivity contribution in [2.45, 2.75) is 17.7 Å². The minimum Gasteiger partial charge on any atom is -0.384 e. The summed E-state index contributed by atoms with van der Waals surface area (Å²) in [7, 11) is -3.79. The molecule has 0 fully saturated rings. The van der Waals surface area contributed by atoms with Gasteiger partial charge >= 0.3 is 0 Å². The Morgan fingerprint density at radius 1 is 1.12 bits per heavy atom. The van der Waals surface area contributed by atoms with E-state index in [2.05, 4.69) is 6.07 Å². The fourth-order valence-corrected chi connectivity index (χ4v) is 4.26. The number of sulfonamides is 1. The van der Waals surface area contributed by atoms with E-state index in [4.69, 9.17) is 5.73 Å². The SMILES string of the molecule is Cc1ccc(S(=O)(=O)N2CC(c3ccccc3)C(C#N)=C2N)cc1. The van der Waals surface area contributed by atoms with Crippen molar-refractivity contribution in [2.75, 3.05) is 6.54 Å². The average molecular weight is 339 g/mol. The summed E-state index contributed by atoms with van der Waals surface area (Å²) in [4.78, 5) is 0.169. The predicted octanol–water partition coefficient (Wildman–Crippen LogP) is 2.48. The summed E-state index contributed by atoms with van der Waals surface area (Å²) >= 11 is 0. The summed E-state index contributed by atoms with van der Waals surface area (Å²) in [5, 5.41) is 9.45. The lowest BCUT2D eigenvalue weighted by Gasteiger charge is -2.20. The van der Waals surface area contributed by atoms with E-state index >= 15 is 0 Å². The number of nitrogens with two attached hydrogens (primary N) is 1. The summed E-state index contributed by atoms with van der Waals surface area (Å²) in [6, 6.07) is 18.0. The van der Waals surface area contributed by atoms with Crippen LogP contribution < -0.4 is 5.73 Å². The van der Waals surface area contributed by atoms with Crippen molar-refractivity contribution >= 4 is 10.0 Å². The average Bonchev–Trinajstić information content (AvgIpc) is 2.93. The van der Waals surface area contributed by atoms with Gasteiger partial charge in [0.05, 0.1) is 16.5 Å². The Balaban J connectivity index is 2.03. The lowest BCUT2D eigenvalue weighted by atomic mass is 9.94. The molecule has 2 N–H and O–H groups in total. The number of hydrogen-bond acceptors (Lipinski definition) is 4. The largest absolute Gasteiger partial charge is 0.384 e. The van der Waals surface area contributed by atoms with Crippen molar-refractivity contribution in [1.29, 1.82) is 5.26 Å². The highest BCUT2D eigenvalue weighted by Crippen LogP contribution is 2.36. The molecular weight excluding hydrogens is 322 g/mol. The van der Waals surface area contributed by atoms with Gasteiger partial charge in [-0.05, 0) is 24.6 Å². The van der Waals surface area contributed by atoms with Crippen molar-refractivity contribution in [3.05, 3.63) is 77.1 Å². The summed E-state index contributed by atoms with van der Waals surface area (Å²) in [6.07, 6.45) is 0. The molecule has 0 spiro atoms. The maximum atomic E-state index is 12.9. The summed E-state index contributed by atoms with van der Waals surface area (Å²) in [5.74, 6) is -0.344. The highest BCUT2D eigenvalue weighted by atomic mass is 32.2. The summed E-state index contributed by atoms with van der Waals surface area (Å²) in [6.45, 7) is 2.02. The Labute approximate surface area is 141 Å². The van der Waals surface area contributed by atoms with E-state index in [1.54, 1.807) is 24.3 Å². The maximum Gasteiger partial charge on any atom is 0.265 e. The van der Waals surface area contributed by atoms with Crippen LogP contribution in [0, 0.1) is 18.3 Å². The highest BCUT2D eigenvalue weighted by molar-refractivity contribution is 7.89. The first kappa shape index (κ1) is 16.1. The van der Waals surface area contributed by atoms with Gasteiger partial charge in [-0.25, -0.2) is 8.42 Å². The van der Waals surface area contributed by atoms with Gasteiger partial charge in [-0.15, -0.1) is 0 Å². The molecule has 0 saturated carbocycles. The number of rotatable bonds is 3. The normalized spacial score (nSPS) is 17.8. The van der Waals surface area contributed by atoms with E-state index in [-0.39, 0.29) is 28.8 Å². The molecular formula is C18H17N3O2S. The van der Waals surface area contributed by atoms with E-state index in [0.717, 1.165) is 15.4 Å². The summed E-state index contributed by atoms with van der Waals surface area (Å²) in [5.41, 5.74) is 8.15. The van der Waals surface area contributed by atoms with Crippen LogP contribution in [0.1, 0.15) is 17.0 Å². The van der Waals surface area contributed by atoms with Gasteiger partial charge in [-0.1, -0.05) is 48.0 Å². The van der Waals surface area contributed by atoms with Crippen LogP contribution in [-0.2, 0) is 10.0 Å². The first-order chi connectivity index (χ1) is 11.4. The molecule has 0 saturated heterocycles. The van der Waals surface area contributed by atoms with Crippen LogP contribution in [0.5, 0.6) is 0 Å². The van der Waals surface area contributed by atoms with E-state index in [1.165, 1.54) is 0 Å². The van der Waals surface area contributed by atoms with Crippen LogP contribution in [0.3, 0.4) is 0 Å². The predicted molar refractivity (Wildman–Crippen MR) is 91.1 cm³/mol. The van der Waals surface area contributed by atoms with Gasteiger partial charge in [0.15, 0.2) is 0 Å². The van der Waals surface area contributed by atoms with Gasteiger partial charge in [0.25, 0.3) is 10.0 Å². The first-order valence-electron chi connectivity index (χ1n) is 7.49. The van der Waals surface area contributed by atoms with E-state index < -0.39 is 10.0 Å². The molecule has 6 heteroatoms. The molecule has 122 valence electrons. The Kier molecular flexibility index (Phi) is 4.04. The number of hydrogen-bond donors (Lipinski definition) is 1. The molecule has 2 aromatic rings. The quantitative estimate of drug-likeness (QED) is 0.930. The molecule has 1 atom stereocenters. The standard InChI is InChI=1S/C18H17N3O2S/c1-13-7-9-15(10-8-13)24(22,23)21-12-17(16(11-19)18(21)20)14-5-3-2-4-6-14/h2-10,17H,12,20H2,1H3. The summed E-state index contributed by atoms with van der Waals surface area (Å²) < 4.78 is 26.9. The van der Waals surface area contributed by atoms with Gasteiger partial charge in [0.2, 0.25) is 0 Å². The topological polar surface area (TPSA) is 87.2 Å². The Morgan fingerprint density at radius 3 is 2.33 bits per heavy atom. The number of aryl methyl sites for hydroxylation is 1. The molecule has 0 aliphatic carbocycles. The zero-order valence-corrected chi connectivity index (χ0v) is 14.0. The van der Waals surface area contributed by atoms with Crippen LogP contribution in [0.25, 0.3) is 0 Å². The van der Waals surface area contributed by atoms with E-state index in [9.17, 15) is 13.7 Å².